The number of hydrogen-bond donors (Lipinski definition) is 1. The molecule has 0 bridgehead atoms. The molecule has 1 nitrogen and oxygen atoms in total. The molecular formula is C13H15ClF3N. The molecule has 0 aromatic heterocycles. The van der Waals surface area contributed by atoms with Crippen molar-refractivity contribution in [3.05, 3.63) is 41.0 Å². The van der Waals surface area contributed by atoms with Gasteiger partial charge in [0, 0.05) is 0 Å². The molecule has 1 aromatic carbocycles. The van der Waals surface area contributed by atoms with Crippen LogP contribution in [0, 0.1) is 0 Å². The lowest BCUT2D eigenvalue weighted by atomic mass is 10.0. The minimum atomic E-state index is -4.25. The van der Waals surface area contributed by atoms with Crippen molar-refractivity contribution in [3.8, 4) is 0 Å². The Morgan fingerprint density at radius 1 is 1.00 bits per heavy atom. The van der Waals surface area contributed by atoms with E-state index in [9.17, 15) is 13.2 Å². The molecule has 1 N–H and O–H groups in total. The normalized spacial score (nSPS) is 16.1. The molecule has 1 aliphatic rings. The van der Waals surface area contributed by atoms with Crippen LogP contribution in [-0.2, 0) is 6.18 Å². The Kier molecular flexibility index (Phi) is 5.23. The summed E-state index contributed by atoms with van der Waals surface area (Å²) in [6.45, 7) is 1.90. The second kappa shape index (κ2) is 6.25. The van der Waals surface area contributed by atoms with Gasteiger partial charge in [-0.25, -0.2) is 0 Å². The lowest BCUT2D eigenvalue weighted by molar-refractivity contribution is -0.137. The Bertz CT molecular complexity index is 401. The van der Waals surface area contributed by atoms with E-state index in [0.717, 1.165) is 43.6 Å². The highest BCUT2D eigenvalue weighted by molar-refractivity contribution is 5.85. The van der Waals surface area contributed by atoms with Crippen molar-refractivity contribution in [2.75, 3.05) is 13.1 Å². The molecule has 0 atom stereocenters. The predicted molar refractivity (Wildman–Crippen MR) is 68.8 cm³/mol. The monoisotopic (exact) mass is 277 g/mol. The third-order valence-electron chi connectivity index (χ3n) is 2.85. The van der Waals surface area contributed by atoms with E-state index in [-0.39, 0.29) is 12.4 Å². The van der Waals surface area contributed by atoms with Crippen molar-refractivity contribution >= 4 is 18.5 Å². The SMILES string of the molecule is Cl.FC(F)(F)c1ccc(C=C2CCNCC2)cc1. The summed E-state index contributed by atoms with van der Waals surface area (Å²) in [5, 5.41) is 3.24. The highest BCUT2D eigenvalue weighted by atomic mass is 35.5. The van der Waals surface area contributed by atoms with Crippen molar-refractivity contribution < 1.29 is 13.2 Å². The van der Waals surface area contributed by atoms with Crippen molar-refractivity contribution in [2.45, 2.75) is 19.0 Å². The summed E-state index contributed by atoms with van der Waals surface area (Å²) >= 11 is 0. The fourth-order valence-electron chi connectivity index (χ4n) is 1.90. The van der Waals surface area contributed by atoms with Crippen LogP contribution >= 0.6 is 12.4 Å². The second-order valence-corrected chi connectivity index (χ2v) is 4.17. The Morgan fingerprint density at radius 3 is 2.06 bits per heavy atom. The molecule has 5 heteroatoms. The zero-order valence-corrected chi connectivity index (χ0v) is 10.6. The lowest BCUT2D eigenvalue weighted by Crippen LogP contribution is -2.22. The van der Waals surface area contributed by atoms with E-state index in [4.69, 9.17) is 0 Å². The van der Waals surface area contributed by atoms with Gasteiger partial charge in [-0.05, 0) is 43.6 Å². The fourth-order valence-corrected chi connectivity index (χ4v) is 1.90. The van der Waals surface area contributed by atoms with Gasteiger partial charge in [0.05, 0.1) is 5.56 Å². The highest BCUT2D eigenvalue weighted by Crippen LogP contribution is 2.29. The zero-order valence-electron chi connectivity index (χ0n) is 9.76. The first-order chi connectivity index (χ1) is 8.05. The van der Waals surface area contributed by atoms with E-state index in [1.165, 1.54) is 17.7 Å². The Morgan fingerprint density at radius 2 is 1.56 bits per heavy atom. The molecule has 0 amide bonds. The van der Waals surface area contributed by atoms with Gasteiger partial charge in [0.2, 0.25) is 0 Å². The third kappa shape index (κ3) is 4.03. The third-order valence-corrected chi connectivity index (χ3v) is 2.85. The first kappa shape index (κ1) is 15.1. The summed E-state index contributed by atoms with van der Waals surface area (Å²) in [5.74, 6) is 0. The van der Waals surface area contributed by atoms with Gasteiger partial charge in [-0.15, -0.1) is 12.4 Å². The molecule has 18 heavy (non-hydrogen) atoms. The van der Waals surface area contributed by atoms with Gasteiger partial charge >= 0.3 is 6.18 Å². The van der Waals surface area contributed by atoms with Crippen LogP contribution in [0.5, 0.6) is 0 Å². The van der Waals surface area contributed by atoms with Gasteiger partial charge in [0.15, 0.2) is 0 Å². The smallest absolute Gasteiger partial charge is 0.316 e. The molecule has 0 radical (unpaired) electrons. The van der Waals surface area contributed by atoms with E-state index in [1.807, 2.05) is 6.08 Å². The maximum absolute atomic E-state index is 12.4. The number of nitrogens with one attached hydrogen (secondary N) is 1. The van der Waals surface area contributed by atoms with Crippen LogP contribution < -0.4 is 5.32 Å². The van der Waals surface area contributed by atoms with Gasteiger partial charge in [-0.1, -0.05) is 23.8 Å². The number of alkyl halides is 3. The second-order valence-electron chi connectivity index (χ2n) is 4.17. The molecule has 100 valence electrons. The zero-order chi connectivity index (χ0) is 12.3. The summed E-state index contributed by atoms with van der Waals surface area (Å²) in [6, 6.07) is 5.32. The van der Waals surface area contributed by atoms with Crippen LogP contribution in [0.3, 0.4) is 0 Å². The maximum atomic E-state index is 12.4. The topological polar surface area (TPSA) is 12.0 Å². The molecule has 1 aliphatic heterocycles. The van der Waals surface area contributed by atoms with Crippen molar-refractivity contribution in [1.29, 1.82) is 0 Å². The minimum Gasteiger partial charge on any atom is -0.316 e. The van der Waals surface area contributed by atoms with E-state index < -0.39 is 11.7 Å². The van der Waals surface area contributed by atoms with Crippen LogP contribution in [0.15, 0.2) is 29.8 Å². The van der Waals surface area contributed by atoms with E-state index in [0.29, 0.717) is 0 Å². The summed E-state index contributed by atoms with van der Waals surface area (Å²) in [7, 11) is 0. The first-order valence-corrected chi connectivity index (χ1v) is 5.63. The minimum absolute atomic E-state index is 0. The molecule has 0 aliphatic carbocycles. The molecule has 0 spiro atoms. The lowest BCUT2D eigenvalue weighted by Gasteiger charge is -2.15. The van der Waals surface area contributed by atoms with E-state index in [2.05, 4.69) is 5.32 Å². The van der Waals surface area contributed by atoms with Gasteiger partial charge in [0.1, 0.15) is 0 Å². The van der Waals surface area contributed by atoms with Gasteiger partial charge in [-0.3, -0.25) is 0 Å². The largest absolute Gasteiger partial charge is 0.416 e. The first-order valence-electron chi connectivity index (χ1n) is 5.63. The summed E-state index contributed by atoms with van der Waals surface area (Å²) in [6.07, 6.45) is -0.316. The number of benzene rings is 1. The number of rotatable bonds is 1. The van der Waals surface area contributed by atoms with Crippen molar-refractivity contribution in [2.24, 2.45) is 0 Å². The van der Waals surface area contributed by atoms with Crippen LogP contribution in [0.4, 0.5) is 13.2 Å². The standard InChI is InChI=1S/C13H14F3N.ClH/c14-13(15,16)12-3-1-10(2-4-12)9-11-5-7-17-8-6-11;/h1-4,9,17H,5-8H2;1H. The molecule has 1 fully saturated rings. The molecule has 0 saturated carbocycles. The predicted octanol–water partition coefficient (Wildman–Crippen LogP) is 3.89. The maximum Gasteiger partial charge on any atom is 0.416 e. The number of halogens is 4. The summed E-state index contributed by atoms with van der Waals surface area (Å²) in [4.78, 5) is 0. The Labute approximate surface area is 110 Å². The average Bonchev–Trinajstić information content (AvgIpc) is 2.30. The Hall–Kier alpha value is -1.00. The molecular weight excluding hydrogens is 263 g/mol. The van der Waals surface area contributed by atoms with Gasteiger partial charge in [-0.2, -0.15) is 13.2 Å². The van der Waals surface area contributed by atoms with Crippen LogP contribution in [0.1, 0.15) is 24.0 Å². The molecule has 2 rings (SSSR count). The molecule has 0 unspecified atom stereocenters. The van der Waals surface area contributed by atoms with E-state index in [1.54, 1.807) is 0 Å². The average molecular weight is 278 g/mol. The van der Waals surface area contributed by atoms with Gasteiger partial charge in [0.25, 0.3) is 0 Å². The highest BCUT2D eigenvalue weighted by Gasteiger charge is 2.29. The Balaban J connectivity index is 0.00000162. The van der Waals surface area contributed by atoms with E-state index >= 15 is 0 Å². The molecule has 1 heterocycles. The quantitative estimate of drug-likeness (QED) is 0.821. The summed E-state index contributed by atoms with van der Waals surface area (Å²) < 4.78 is 37.1. The van der Waals surface area contributed by atoms with Crippen LogP contribution in [-0.4, -0.2) is 13.1 Å². The fraction of sp³-hybridized carbons (Fsp3) is 0.385. The number of piperidine rings is 1. The molecule has 1 saturated heterocycles. The van der Waals surface area contributed by atoms with Crippen LogP contribution in [0.25, 0.3) is 6.08 Å². The summed E-state index contributed by atoms with van der Waals surface area (Å²) in [5.41, 5.74) is 1.54. The number of hydrogen-bond acceptors (Lipinski definition) is 1. The van der Waals surface area contributed by atoms with Gasteiger partial charge < -0.3 is 5.32 Å². The van der Waals surface area contributed by atoms with Crippen LogP contribution in [0.2, 0.25) is 0 Å². The van der Waals surface area contributed by atoms with Crippen molar-refractivity contribution in [1.82, 2.24) is 5.32 Å². The van der Waals surface area contributed by atoms with Crippen molar-refractivity contribution in [3.63, 3.8) is 0 Å². The molecule has 1 aromatic rings.